The van der Waals surface area contributed by atoms with E-state index in [-0.39, 0.29) is 5.88 Å². The molecule has 0 fully saturated rings. The van der Waals surface area contributed by atoms with Gasteiger partial charge in [0.05, 0.1) is 17.0 Å². The van der Waals surface area contributed by atoms with E-state index in [1.54, 1.807) is 6.08 Å². The van der Waals surface area contributed by atoms with Gasteiger partial charge in [0.2, 0.25) is 0 Å². The molecule has 30 heavy (non-hydrogen) atoms. The minimum atomic E-state index is 0.0849. The predicted octanol–water partition coefficient (Wildman–Crippen LogP) is 5.49. The van der Waals surface area contributed by atoms with E-state index in [1.807, 2.05) is 52.8 Å². The zero-order valence-corrected chi connectivity index (χ0v) is 19.3. The quantitative estimate of drug-likeness (QED) is 0.546. The topological polar surface area (TPSA) is 72.2 Å². The molecule has 3 N–H and O–H groups in total. The number of aromatic nitrogens is 1. The van der Waals surface area contributed by atoms with Crippen LogP contribution in [0.5, 0.6) is 5.88 Å². The summed E-state index contributed by atoms with van der Waals surface area (Å²) >= 11 is 0. The van der Waals surface area contributed by atoms with E-state index in [0.717, 1.165) is 22.6 Å². The molecule has 0 saturated carbocycles. The van der Waals surface area contributed by atoms with Gasteiger partial charge in [-0.2, -0.15) is 0 Å². The van der Waals surface area contributed by atoms with Gasteiger partial charge in [-0.25, -0.2) is 0 Å². The number of aromatic hydroxyl groups is 1. The third-order valence-electron chi connectivity index (χ3n) is 4.62. The molecule has 160 valence electrons. The van der Waals surface area contributed by atoms with Crippen molar-refractivity contribution in [3.8, 4) is 5.88 Å². The van der Waals surface area contributed by atoms with E-state index >= 15 is 0 Å². The smallest absolute Gasteiger partial charge is 0.198 e. The molecule has 4 heteroatoms. The lowest BCUT2D eigenvalue weighted by Gasteiger charge is -2.07. The van der Waals surface area contributed by atoms with Gasteiger partial charge in [-0.1, -0.05) is 63.3 Å². The molecule has 0 unspecified atom stereocenters. The number of allylic oxidation sites excluding steroid dienone is 4. The fourth-order valence-corrected chi connectivity index (χ4v) is 3.21. The fraction of sp³-hybridized carbons (Fsp3) is 0.308. The normalized spacial score (nSPS) is 13.9. The first kappa shape index (κ1) is 24.9. The lowest BCUT2D eigenvalue weighted by molar-refractivity contribution is 0.455. The maximum atomic E-state index is 10.6. The van der Waals surface area contributed by atoms with Crippen LogP contribution in [0.4, 0.5) is 0 Å². The van der Waals surface area contributed by atoms with E-state index in [2.05, 4.69) is 48.1 Å². The summed E-state index contributed by atoms with van der Waals surface area (Å²) in [6, 6.07) is 8.29. The Balaban J connectivity index is 0.00000218. The van der Waals surface area contributed by atoms with Gasteiger partial charge in [-0.3, -0.25) is 4.99 Å². The summed E-state index contributed by atoms with van der Waals surface area (Å²) in [5.41, 5.74) is 5.34. The molecule has 1 heterocycles. The highest BCUT2D eigenvalue weighted by atomic mass is 16.3. The van der Waals surface area contributed by atoms with Gasteiger partial charge in [0.25, 0.3) is 0 Å². The molecule has 0 bridgehead atoms. The number of benzene rings is 1. The van der Waals surface area contributed by atoms with Crippen molar-refractivity contribution in [3.63, 3.8) is 0 Å². The maximum Gasteiger partial charge on any atom is 0.198 e. The van der Waals surface area contributed by atoms with Crippen LogP contribution in [0.3, 0.4) is 0 Å². The van der Waals surface area contributed by atoms with Crippen LogP contribution in [0.15, 0.2) is 47.1 Å². The summed E-state index contributed by atoms with van der Waals surface area (Å²) < 4.78 is 0. The van der Waals surface area contributed by atoms with Gasteiger partial charge in [0.1, 0.15) is 0 Å². The Kier molecular flexibility index (Phi) is 10.3. The molecule has 0 atom stereocenters. The van der Waals surface area contributed by atoms with Crippen LogP contribution in [0, 0.1) is 12.3 Å². The summed E-state index contributed by atoms with van der Waals surface area (Å²) in [5.74, 6) is 0.0849. The van der Waals surface area contributed by atoms with Crippen LogP contribution in [0.25, 0.3) is 17.7 Å². The molecule has 1 aromatic heterocycles. The van der Waals surface area contributed by atoms with Gasteiger partial charge in [0.15, 0.2) is 5.88 Å². The summed E-state index contributed by atoms with van der Waals surface area (Å²) in [6.07, 6.45) is 10.1. The molecule has 0 aliphatic rings. The Labute approximate surface area is 180 Å². The third-order valence-corrected chi connectivity index (χ3v) is 4.62. The third kappa shape index (κ3) is 5.93. The average molecular weight is 406 g/mol. The lowest BCUT2D eigenvalue weighted by Crippen LogP contribution is -2.26. The van der Waals surface area contributed by atoms with Crippen molar-refractivity contribution < 1.29 is 5.11 Å². The first-order chi connectivity index (χ1) is 14.5. The number of nitrogens with one attached hydrogen (secondary N) is 2. The van der Waals surface area contributed by atoms with Crippen LogP contribution in [0.2, 0.25) is 0 Å². The number of aliphatic imine (C=N–C) groups is 1. The second-order valence-electron chi connectivity index (χ2n) is 6.55. The van der Waals surface area contributed by atoms with Crippen molar-refractivity contribution >= 4 is 29.7 Å². The summed E-state index contributed by atoms with van der Waals surface area (Å²) in [4.78, 5) is 7.55. The van der Waals surface area contributed by atoms with E-state index < -0.39 is 0 Å². The van der Waals surface area contributed by atoms with Crippen LogP contribution < -0.4 is 10.6 Å². The Hall–Kier alpha value is -3.14. The van der Waals surface area contributed by atoms with Crippen molar-refractivity contribution in [1.82, 2.24) is 4.98 Å². The zero-order chi connectivity index (χ0) is 22.7. The van der Waals surface area contributed by atoms with E-state index in [0.29, 0.717) is 17.0 Å². The highest BCUT2D eigenvalue weighted by Gasteiger charge is 2.12. The molecule has 0 spiro atoms. The molecule has 4 nitrogen and oxygen atoms in total. The predicted molar refractivity (Wildman–Crippen MR) is 132 cm³/mol. The fourth-order valence-electron chi connectivity index (χ4n) is 3.21. The zero-order valence-electron chi connectivity index (χ0n) is 19.3. The van der Waals surface area contributed by atoms with Crippen molar-refractivity contribution in [3.05, 3.63) is 69.4 Å². The van der Waals surface area contributed by atoms with Crippen LogP contribution in [0.1, 0.15) is 64.7 Å². The monoisotopic (exact) mass is 405 g/mol. The molecule has 0 radical (unpaired) electrons. The van der Waals surface area contributed by atoms with Gasteiger partial charge in [-0.05, 0) is 56.9 Å². The highest BCUT2D eigenvalue weighted by molar-refractivity contribution is 6.04. The minimum Gasteiger partial charge on any atom is -0.494 e. The maximum absolute atomic E-state index is 10.6. The molecular weight excluding hydrogens is 370 g/mol. The Morgan fingerprint density at radius 3 is 2.40 bits per heavy atom. The number of aromatic amines is 1. The Morgan fingerprint density at radius 1 is 1.20 bits per heavy atom. The number of rotatable bonds is 6. The second kappa shape index (κ2) is 12.4. The second-order valence-corrected chi connectivity index (χ2v) is 6.55. The largest absolute Gasteiger partial charge is 0.494 e. The first-order valence-corrected chi connectivity index (χ1v) is 10.5. The molecule has 0 aliphatic heterocycles. The summed E-state index contributed by atoms with van der Waals surface area (Å²) in [6.45, 7) is 13.8. The molecule has 0 amide bonds. The van der Waals surface area contributed by atoms with Crippen LogP contribution in [-0.2, 0) is 0 Å². The Morgan fingerprint density at radius 2 is 1.87 bits per heavy atom. The van der Waals surface area contributed by atoms with Crippen LogP contribution >= 0.6 is 0 Å². The van der Waals surface area contributed by atoms with E-state index in [4.69, 9.17) is 5.41 Å². The summed E-state index contributed by atoms with van der Waals surface area (Å²) in [5, 5.41) is 19.8. The summed E-state index contributed by atoms with van der Waals surface area (Å²) in [7, 11) is 0. The number of aryl methyl sites for hydroxylation is 1. The molecule has 2 aromatic rings. The lowest BCUT2D eigenvalue weighted by atomic mass is 9.98. The molecular formula is C26H35N3O. The van der Waals surface area contributed by atoms with Crippen molar-refractivity contribution in [2.24, 2.45) is 4.99 Å². The molecule has 0 aliphatic carbocycles. The van der Waals surface area contributed by atoms with Crippen LogP contribution in [-0.4, -0.2) is 22.0 Å². The number of hydrogen-bond acceptors (Lipinski definition) is 3. The number of nitrogens with zero attached hydrogens (tertiary/aromatic N) is 1. The molecule has 2 rings (SSSR count). The van der Waals surface area contributed by atoms with Gasteiger partial charge >= 0.3 is 0 Å². The van der Waals surface area contributed by atoms with E-state index in [1.165, 1.54) is 17.3 Å². The van der Waals surface area contributed by atoms with E-state index in [9.17, 15) is 5.11 Å². The molecule has 0 saturated heterocycles. The SMILES string of the molecule is C/C=C(\C=N)N=C(C)c1c(O)[nH]c(=C/C)/c1=C\C(=C\CC)c1ccccc1C.CC. The number of H-pyrrole nitrogens is 1. The highest BCUT2D eigenvalue weighted by Crippen LogP contribution is 2.21. The minimum absolute atomic E-state index is 0.0849. The number of hydrogen-bond donors (Lipinski definition) is 3. The standard InChI is InChI=1S/C24H29N3O.C2H6/c1-6-11-18(20-13-10-9-12-16(20)4)14-21-22(8-3)27-24(28)23(21)17(5)26-19(7-2)15-25;1-2/h7-15,25,27-28H,6H2,1-5H3;1-2H3/b18-11-,19-7+,21-14+,22-8+,25-15?,26-17?;. The van der Waals surface area contributed by atoms with Crippen molar-refractivity contribution in [2.75, 3.05) is 0 Å². The van der Waals surface area contributed by atoms with Gasteiger partial charge in [0, 0.05) is 16.8 Å². The Bertz CT molecular complexity index is 1070. The van der Waals surface area contributed by atoms with Crippen molar-refractivity contribution in [2.45, 2.75) is 54.9 Å². The van der Waals surface area contributed by atoms with Crippen molar-refractivity contribution in [1.29, 1.82) is 5.41 Å². The van der Waals surface area contributed by atoms with Gasteiger partial charge in [-0.15, -0.1) is 0 Å². The average Bonchev–Trinajstić information content (AvgIpc) is 3.08. The molecule has 1 aromatic carbocycles. The van der Waals surface area contributed by atoms with Gasteiger partial charge < -0.3 is 15.5 Å². The first-order valence-electron chi connectivity index (χ1n) is 10.5.